The predicted octanol–water partition coefficient (Wildman–Crippen LogP) is 2.65. The zero-order valence-corrected chi connectivity index (χ0v) is 10.9. The molecule has 0 aromatic heterocycles. The van der Waals surface area contributed by atoms with Gasteiger partial charge < -0.3 is 14.6 Å². The Hall–Kier alpha value is -1.23. The minimum absolute atomic E-state index is 0.530. The van der Waals surface area contributed by atoms with Gasteiger partial charge in [-0.1, -0.05) is 0 Å². The van der Waals surface area contributed by atoms with Crippen LogP contribution in [0.4, 0.5) is 0 Å². The van der Waals surface area contributed by atoms with Gasteiger partial charge in [0, 0.05) is 5.56 Å². The second kappa shape index (κ2) is 5.21. The van der Waals surface area contributed by atoms with E-state index in [0.717, 1.165) is 0 Å². The van der Waals surface area contributed by atoms with E-state index >= 15 is 0 Å². The molecule has 5 heteroatoms. The van der Waals surface area contributed by atoms with E-state index in [1.54, 1.807) is 19.1 Å². The van der Waals surface area contributed by atoms with Crippen LogP contribution in [0, 0.1) is 0 Å². The summed E-state index contributed by atoms with van der Waals surface area (Å²) in [6.45, 7) is 1.60. The van der Waals surface area contributed by atoms with Gasteiger partial charge in [-0.2, -0.15) is 0 Å². The van der Waals surface area contributed by atoms with Crippen LogP contribution >= 0.6 is 15.9 Å². The Morgan fingerprint density at radius 3 is 2.25 bits per heavy atom. The highest BCUT2D eigenvalue weighted by Crippen LogP contribution is 2.39. The zero-order chi connectivity index (χ0) is 12.3. The van der Waals surface area contributed by atoms with E-state index in [0.29, 0.717) is 21.5 Å². The molecule has 0 aliphatic rings. The lowest BCUT2D eigenvalue weighted by atomic mass is 10.00. The van der Waals surface area contributed by atoms with Crippen molar-refractivity contribution in [1.82, 2.24) is 0 Å². The molecule has 0 radical (unpaired) electrons. The largest absolute Gasteiger partial charge is 0.496 e. The number of aliphatic carboxylic acids is 1. The molecule has 1 aromatic carbocycles. The summed E-state index contributed by atoms with van der Waals surface area (Å²) in [6, 6.07) is 3.42. The minimum Gasteiger partial charge on any atom is -0.496 e. The summed E-state index contributed by atoms with van der Waals surface area (Å²) in [5, 5.41) is 9.03. The summed E-state index contributed by atoms with van der Waals surface area (Å²) in [4.78, 5) is 11.0. The van der Waals surface area contributed by atoms with Crippen molar-refractivity contribution in [2.75, 3.05) is 14.2 Å². The maximum absolute atomic E-state index is 11.0. The van der Waals surface area contributed by atoms with Crippen LogP contribution in [-0.4, -0.2) is 25.3 Å². The van der Waals surface area contributed by atoms with Crippen molar-refractivity contribution in [3.05, 3.63) is 22.2 Å². The van der Waals surface area contributed by atoms with Crippen molar-refractivity contribution in [2.24, 2.45) is 0 Å². The summed E-state index contributed by atoms with van der Waals surface area (Å²) in [6.07, 6.45) is 0. The van der Waals surface area contributed by atoms with E-state index in [9.17, 15) is 4.79 Å². The van der Waals surface area contributed by atoms with Crippen LogP contribution in [0.2, 0.25) is 0 Å². The van der Waals surface area contributed by atoms with Crippen molar-refractivity contribution >= 4 is 21.9 Å². The first kappa shape index (κ1) is 12.8. The zero-order valence-electron chi connectivity index (χ0n) is 9.28. The van der Waals surface area contributed by atoms with Crippen LogP contribution in [0.25, 0.3) is 0 Å². The number of halogens is 1. The Morgan fingerprint density at radius 2 is 1.81 bits per heavy atom. The van der Waals surface area contributed by atoms with Gasteiger partial charge >= 0.3 is 5.97 Å². The minimum atomic E-state index is -0.910. The molecule has 88 valence electrons. The lowest BCUT2D eigenvalue weighted by molar-refractivity contribution is -0.138. The third-order valence-electron chi connectivity index (χ3n) is 2.35. The molecule has 0 spiro atoms. The molecule has 0 heterocycles. The molecule has 0 saturated heterocycles. The molecule has 0 fully saturated rings. The Bertz CT molecular complexity index is 403. The Balaban J connectivity index is 3.37. The Morgan fingerprint density at radius 1 is 1.31 bits per heavy atom. The number of hydrogen-bond donors (Lipinski definition) is 1. The lowest BCUT2D eigenvalue weighted by Gasteiger charge is -2.16. The average molecular weight is 289 g/mol. The molecule has 1 atom stereocenters. The van der Waals surface area contributed by atoms with Crippen molar-refractivity contribution in [1.29, 1.82) is 0 Å². The fraction of sp³-hybridized carbons (Fsp3) is 0.364. The van der Waals surface area contributed by atoms with Gasteiger partial charge in [0.2, 0.25) is 0 Å². The number of benzene rings is 1. The van der Waals surface area contributed by atoms with Crippen molar-refractivity contribution < 1.29 is 19.4 Å². The fourth-order valence-corrected chi connectivity index (χ4v) is 2.25. The number of rotatable bonds is 4. The highest BCUT2D eigenvalue weighted by molar-refractivity contribution is 9.10. The first-order chi connectivity index (χ1) is 7.52. The molecule has 0 amide bonds. The number of carboxylic acids is 1. The smallest absolute Gasteiger partial charge is 0.310 e. The number of hydrogen-bond acceptors (Lipinski definition) is 3. The lowest BCUT2D eigenvalue weighted by Crippen LogP contribution is -2.10. The number of ether oxygens (including phenoxy) is 2. The molecule has 1 rings (SSSR count). The van der Waals surface area contributed by atoms with E-state index in [1.807, 2.05) is 0 Å². The molecule has 0 aliphatic carbocycles. The van der Waals surface area contributed by atoms with Crippen LogP contribution < -0.4 is 9.47 Å². The van der Waals surface area contributed by atoms with E-state index in [2.05, 4.69) is 15.9 Å². The number of methoxy groups -OCH3 is 2. The maximum Gasteiger partial charge on any atom is 0.310 e. The molecular formula is C11H13BrO4. The van der Waals surface area contributed by atoms with Crippen LogP contribution in [0.1, 0.15) is 18.4 Å². The van der Waals surface area contributed by atoms with E-state index in [1.165, 1.54) is 14.2 Å². The Labute approximate surface area is 102 Å². The van der Waals surface area contributed by atoms with Gasteiger partial charge in [0.15, 0.2) is 0 Å². The molecular weight excluding hydrogens is 276 g/mol. The van der Waals surface area contributed by atoms with E-state index < -0.39 is 11.9 Å². The van der Waals surface area contributed by atoms with Gasteiger partial charge in [-0.15, -0.1) is 0 Å². The summed E-state index contributed by atoms with van der Waals surface area (Å²) in [5.41, 5.74) is 0.578. The van der Waals surface area contributed by atoms with E-state index in [-0.39, 0.29) is 0 Å². The third kappa shape index (κ3) is 2.29. The van der Waals surface area contributed by atoms with Gasteiger partial charge in [0.1, 0.15) is 11.5 Å². The second-order valence-electron chi connectivity index (χ2n) is 3.26. The molecule has 1 N–H and O–H groups in total. The van der Waals surface area contributed by atoms with Gasteiger partial charge in [-0.05, 0) is 35.0 Å². The van der Waals surface area contributed by atoms with Gasteiger partial charge in [-0.3, -0.25) is 4.79 Å². The van der Waals surface area contributed by atoms with Crippen LogP contribution in [0.15, 0.2) is 16.6 Å². The van der Waals surface area contributed by atoms with Crippen LogP contribution in [-0.2, 0) is 4.79 Å². The normalized spacial score (nSPS) is 12.0. The standard InChI is InChI=1S/C11H13BrO4/c1-6(11(13)14)9-7(15-2)4-5-8(16-3)10(9)12/h4-6H,1-3H3,(H,13,14). The predicted molar refractivity (Wildman–Crippen MR) is 63.3 cm³/mol. The number of carboxylic acid groups (broad SMARTS) is 1. The molecule has 0 aliphatic heterocycles. The van der Waals surface area contributed by atoms with Crippen molar-refractivity contribution in [3.63, 3.8) is 0 Å². The summed E-state index contributed by atoms with van der Waals surface area (Å²) < 4.78 is 10.9. The third-order valence-corrected chi connectivity index (χ3v) is 3.17. The second-order valence-corrected chi connectivity index (χ2v) is 4.05. The summed E-state index contributed by atoms with van der Waals surface area (Å²) in [7, 11) is 3.04. The van der Waals surface area contributed by atoms with Crippen molar-refractivity contribution in [2.45, 2.75) is 12.8 Å². The highest BCUT2D eigenvalue weighted by atomic mass is 79.9. The first-order valence-corrected chi connectivity index (χ1v) is 5.45. The molecule has 1 aromatic rings. The number of carbonyl (C=O) groups is 1. The molecule has 16 heavy (non-hydrogen) atoms. The molecule has 1 unspecified atom stereocenters. The average Bonchev–Trinajstić information content (AvgIpc) is 2.27. The first-order valence-electron chi connectivity index (χ1n) is 4.66. The Kier molecular flexibility index (Phi) is 4.18. The summed E-state index contributed by atoms with van der Waals surface area (Å²) >= 11 is 3.33. The molecule has 4 nitrogen and oxygen atoms in total. The maximum atomic E-state index is 11.0. The molecule has 0 saturated carbocycles. The van der Waals surface area contributed by atoms with Crippen LogP contribution in [0.5, 0.6) is 11.5 Å². The van der Waals surface area contributed by atoms with Crippen molar-refractivity contribution in [3.8, 4) is 11.5 Å². The fourth-order valence-electron chi connectivity index (χ4n) is 1.42. The van der Waals surface area contributed by atoms with Gasteiger partial charge in [0.25, 0.3) is 0 Å². The highest BCUT2D eigenvalue weighted by Gasteiger charge is 2.23. The monoisotopic (exact) mass is 288 g/mol. The summed E-state index contributed by atoms with van der Waals surface area (Å²) in [5.74, 6) is -0.460. The molecule has 0 bridgehead atoms. The topological polar surface area (TPSA) is 55.8 Å². The SMILES string of the molecule is COc1ccc(OC)c(C(C)C(=O)O)c1Br. The quantitative estimate of drug-likeness (QED) is 0.925. The van der Waals surface area contributed by atoms with E-state index in [4.69, 9.17) is 14.6 Å². The van der Waals surface area contributed by atoms with Gasteiger partial charge in [-0.25, -0.2) is 0 Å². The van der Waals surface area contributed by atoms with Crippen LogP contribution in [0.3, 0.4) is 0 Å². The van der Waals surface area contributed by atoms with Gasteiger partial charge in [0.05, 0.1) is 24.6 Å².